The molecule has 1 amide bonds. The third kappa shape index (κ3) is 4.26. The first-order valence-corrected chi connectivity index (χ1v) is 8.86. The zero-order valence-electron chi connectivity index (χ0n) is 15.0. The van der Waals surface area contributed by atoms with Gasteiger partial charge in [-0.3, -0.25) is 4.79 Å². The van der Waals surface area contributed by atoms with Crippen LogP contribution in [0.5, 0.6) is 0 Å². The fraction of sp³-hybridized carbons (Fsp3) is 0.421. The Balaban J connectivity index is 1.72. The number of carbonyl (C=O) groups is 1. The number of hydrogen-bond donors (Lipinski definition) is 2. The highest BCUT2D eigenvalue weighted by Crippen LogP contribution is 2.25. The number of benzene rings is 1. The maximum absolute atomic E-state index is 12.5. The van der Waals surface area contributed by atoms with Crippen LogP contribution in [-0.4, -0.2) is 35.0 Å². The van der Waals surface area contributed by atoms with Gasteiger partial charge in [0.05, 0.1) is 0 Å². The lowest BCUT2D eigenvalue weighted by molar-refractivity contribution is 0.102. The number of hydrogen-bond acceptors (Lipinski definition) is 5. The van der Waals surface area contributed by atoms with Crippen molar-refractivity contribution in [3.8, 4) is 0 Å². The second kappa shape index (κ2) is 7.51. The van der Waals surface area contributed by atoms with E-state index in [9.17, 15) is 4.79 Å². The Morgan fingerprint density at radius 2 is 1.96 bits per heavy atom. The molecular formula is C19H25N5O. The van der Waals surface area contributed by atoms with Crippen molar-refractivity contribution in [2.24, 2.45) is 0 Å². The summed E-state index contributed by atoms with van der Waals surface area (Å²) in [6.45, 7) is 8.19. The molecule has 0 unspecified atom stereocenters. The number of carbonyl (C=O) groups excluding carboxylic acids is 1. The van der Waals surface area contributed by atoms with Crippen molar-refractivity contribution < 1.29 is 4.79 Å². The van der Waals surface area contributed by atoms with E-state index in [0.717, 1.165) is 37.2 Å². The number of nitrogens with zero attached hydrogens (tertiary/aromatic N) is 3. The predicted octanol–water partition coefficient (Wildman–Crippen LogP) is 3.46. The van der Waals surface area contributed by atoms with E-state index in [1.165, 1.54) is 12.0 Å². The molecule has 0 spiro atoms. The zero-order chi connectivity index (χ0) is 17.8. The van der Waals surface area contributed by atoms with E-state index in [4.69, 9.17) is 0 Å². The average Bonchev–Trinajstić information content (AvgIpc) is 3.42. The van der Waals surface area contributed by atoms with Gasteiger partial charge in [-0.1, -0.05) is 0 Å². The van der Waals surface area contributed by atoms with Crippen LogP contribution < -0.4 is 15.5 Å². The largest absolute Gasteiger partial charge is 0.372 e. The van der Waals surface area contributed by atoms with Gasteiger partial charge in [-0.2, -0.15) is 0 Å². The topological polar surface area (TPSA) is 70.2 Å². The molecular weight excluding hydrogens is 314 g/mol. The highest BCUT2D eigenvalue weighted by atomic mass is 16.1. The molecule has 6 nitrogen and oxygen atoms in total. The number of aromatic nitrogens is 2. The molecule has 1 aliphatic rings. The molecule has 3 rings (SSSR count). The Hall–Kier alpha value is -2.63. The van der Waals surface area contributed by atoms with E-state index in [0.29, 0.717) is 17.6 Å². The Labute approximate surface area is 148 Å². The average molecular weight is 339 g/mol. The van der Waals surface area contributed by atoms with Crippen LogP contribution in [0.1, 0.15) is 42.7 Å². The van der Waals surface area contributed by atoms with Gasteiger partial charge in [-0.25, -0.2) is 9.97 Å². The van der Waals surface area contributed by atoms with E-state index in [-0.39, 0.29) is 5.91 Å². The first kappa shape index (κ1) is 17.2. The van der Waals surface area contributed by atoms with E-state index >= 15 is 0 Å². The Morgan fingerprint density at radius 3 is 2.60 bits per heavy atom. The van der Waals surface area contributed by atoms with Crippen LogP contribution in [0, 0.1) is 6.92 Å². The van der Waals surface area contributed by atoms with Crippen molar-refractivity contribution in [3.05, 3.63) is 41.9 Å². The molecule has 0 bridgehead atoms. The summed E-state index contributed by atoms with van der Waals surface area (Å²) in [5, 5.41) is 6.23. The summed E-state index contributed by atoms with van der Waals surface area (Å²) in [6, 6.07) is 8.28. The summed E-state index contributed by atoms with van der Waals surface area (Å²) in [5.74, 6) is 0.483. The van der Waals surface area contributed by atoms with Gasteiger partial charge in [0, 0.05) is 36.6 Å². The minimum absolute atomic E-state index is 0.222. The number of rotatable bonds is 7. The van der Waals surface area contributed by atoms with E-state index in [2.05, 4.69) is 45.4 Å². The number of aryl methyl sites for hydroxylation is 1. The van der Waals surface area contributed by atoms with Gasteiger partial charge in [0.2, 0.25) is 0 Å². The van der Waals surface area contributed by atoms with Gasteiger partial charge < -0.3 is 15.5 Å². The maximum Gasteiger partial charge on any atom is 0.274 e. The Kier molecular flexibility index (Phi) is 5.16. The van der Waals surface area contributed by atoms with Gasteiger partial charge in [-0.05, 0) is 57.4 Å². The van der Waals surface area contributed by atoms with Gasteiger partial charge >= 0.3 is 0 Å². The van der Waals surface area contributed by atoms with Crippen molar-refractivity contribution in [1.82, 2.24) is 9.97 Å². The molecule has 1 aliphatic carbocycles. The fourth-order valence-corrected chi connectivity index (χ4v) is 2.76. The third-order valence-corrected chi connectivity index (χ3v) is 4.42. The molecule has 1 fully saturated rings. The van der Waals surface area contributed by atoms with Crippen LogP contribution in [0.2, 0.25) is 0 Å². The normalized spacial score (nSPS) is 13.4. The maximum atomic E-state index is 12.5. The summed E-state index contributed by atoms with van der Waals surface area (Å²) < 4.78 is 0. The highest BCUT2D eigenvalue weighted by Gasteiger charge is 2.22. The molecule has 0 aliphatic heterocycles. The lowest BCUT2D eigenvalue weighted by Crippen LogP contribution is -2.22. The molecule has 1 aromatic heterocycles. The van der Waals surface area contributed by atoms with Gasteiger partial charge in [0.15, 0.2) is 0 Å². The van der Waals surface area contributed by atoms with Crippen LogP contribution in [0.15, 0.2) is 30.6 Å². The van der Waals surface area contributed by atoms with Crippen molar-refractivity contribution >= 4 is 23.1 Å². The van der Waals surface area contributed by atoms with Crippen LogP contribution in [0.4, 0.5) is 17.2 Å². The smallest absolute Gasteiger partial charge is 0.274 e. The number of nitrogens with one attached hydrogen (secondary N) is 2. The lowest BCUT2D eigenvalue weighted by Gasteiger charge is -2.22. The van der Waals surface area contributed by atoms with E-state index < -0.39 is 0 Å². The molecule has 25 heavy (non-hydrogen) atoms. The summed E-state index contributed by atoms with van der Waals surface area (Å²) in [5.41, 5.74) is 3.36. The minimum Gasteiger partial charge on any atom is -0.372 e. The molecule has 1 aromatic carbocycles. The quantitative estimate of drug-likeness (QED) is 0.808. The standard InChI is InChI=1S/C19H25N5O/c1-4-24(5-2)15-8-9-16(13(3)10-15)23-19(25)17-11-18(21-12-20-17)22-14-6-7-14/h8-12,14H,4-7H2,1-3H3,(H,23,25)(H,20,21,22). The summed E-state index contributed by atoms with van der Waals surface area (Å²) in [7, 11) is 0. The van der Waals surface area contributed by atoms with Crippen LogP contribution >= 0.6 is 0 Å². The lowest BCUT2D eigenvalue weighted by atomic mass is 10.1. The Morgan fingerprint density at radius 1 is 1.20 bits per heavy atom. The molecule has 0 radical (unpaired) electrons. The van der Waals surface area contributed by atoms with Gasteiger partial charge in [-0.15, -0.1) is 0 Å². The van der Waals surface area contributed by atoms with Crippen molar-refractivity contribution in [1.29, 1.82) is 0 Å². The second-order valence-electron chi connectivity index (χ2n) is 6.33. The molecule has 1 heterocycles. The molecule has 132 valence electrons. The molecule has 2 aromatic rings. The van der Waals surface area contributed by atoms with Gasteiger partial charge in [0.25, 0.3) is 5.91 Å². The monoisotopic (exact) mass is 339 g/mol. The van der Waals surface area contributed by atoms with E-state index in [1.54, 1.807) is 6.07 Å². The van der Waals surface area contributed by atoms with Gasteiger partial charge in [0.1, 0.15) is 17.8 Å². The second-order valence-corrected chi connectivity index (χ2v) is 6.33. The summed E-state index contributed by atoms with van der Waals surface area (Å²) in [4.78, 5) is 23.1. The summed E-state index contributed by atoms with van der Waals surface area (Å²) in [6.07, 6.45) is 3.74. The molecule has 0 atom stereocenters. The van der Waals surface area contributed by atoms with Crippen LogP contribution in [-0.2, 0) is 0 Å². The van der Waals surface area contributed by atoms with Crippen molar-refractivity contribution in [2.45, 2.75) is 39.7 Å². The zero-order valence-corrected chi connectivity index (χ0v) is 15.0. The number of amides is 1. The molecule has 2 N–H and O–H groups in total. The SMILES string of the molecule is CCN(CC)c1ccc(NC(=O)c2cc(NC3CC3)ncn2)c(C)c1. The van der Waals surface area contributed by atoms with Crippen molar-refractivity contribution in [3.63, 3.8) is 0 Å². The third-order valence-electron chi connectivity index (χ3n) is 4.42. The predicted molar refractivity (Wildman–Crippen MR) is 101 cm³/mol. The number of anilines is 3. The van der Waals surface area contributed by atoms with E-state index in [1.807, 2.05) is 19.1 Å². The molecule has 6 heteroatoms. The fourth-order valence-electron chi connectivity index (χ4n) is 2.76. The first-order valence-electron chi connectivity index (χ1n) is 8.86. The van der Waals surface area contributed by atoms with Crippen LogP contribution in [0.3, 0.4) is 0 Å². The molecule has 1 saturated carbocycles. The Bertz CT molecular complexity index is 753. The van der Waals surface area contributed by atoms with Crippen LogP contribution in [0.25, 0.3) is 0 Å². The molecule has 0 saturated heterocycles. The highest BCUT2D eigenvalue weighted by molar-refractivity contribution is 6.03. The van der Waals surface area contributed by atoms with Crippen molar-refractivity contribution in [2.75, 3.05) is 28.6 Å². The summed E-state index contributed by atoms with van der Waals surface area (Å²) >= 11 is 0. The minimum atomic E-state index is -0.222. The first-order chi connectivity index (χ1) is 12.1.